The standard InChI is InChI=1S/C12H14BrN3S/c1-8-6-17-7-11(8)12(16-14)3-9-2-10(13)5-15-4-9/h2,4-7,12,16H,3,14H2,1H3. The van der Waals surface area contributed by atoms with E-state index in [1.54, 1.807) is 17.5 Å². The summed E-state index contributed by atoms with van der Waals surface area (Å²) < 4.78 is 0.993. The zero-order valence-corrected chi connectivity index (χ0v) is 11.9. The molecule has 0 aliphatic carbocycles. The summed E-state index contributed by atoms with van der Waals surface area (Å²) in [6.07, 6.45) is 4.49. The maximum Gasteiger partial charge on any atom is 0.0511 e. The Labute approximate surface area is 113 Å². The highest BCUT2D eigenvalue weighted by atomic mass is 79.9. The van der Waals surface area contributed by atoms with Gasteiger partial charge in [0.2, 0.25) is 0 Å². The number of hydrazine groups is 1. The highest BCUT2D eigenvalue weighted by Crippen LogP contribution is 2.24. The Hall–Kier alpha value is -0.750. The molecule has 0 aliphatic heterocycles. The first-order chi connectivity index (χ1) is 8.20. The van der Waals surface area contributed by atoms with Crippen LogP contribution in [-0.4, -0.2) is 4.98 Å². The van der Waals surface area contributed by atoms with Gasteiger partial charge in [-0.2, -0.15) is 11.3 Å². The predicted octanol–water partition coefficient (Wildman–Crippen LogP) is 2.96. The third-order valence-electron chi connectivity index (χ3n) is 2.67. The molecule has 17 heavy (non-hydrogen) atoms. The Morgan fingerprint density at radius 1 is 1.47 bits per heavy atom. The third kappa shape index (κ3) is 3.13. The van der Waals surface area contributed by atoms with Crippen LogP contribution in [0.15, 0.2) is 33.7 Å². The van der Waals surface area contributed by atoms with Crippen molar-refractivity contribution >= 4 is 27.3 Å². The lowest BCUT2D eigenvalue weighted by atomic mass is 10.0. The van der Waals surface area contributed by atoms with Gasteiger partial charge in [0.1, 0.15) is 0 Å². The number of pyridine rings is 1. The minimum absolute atomic E-state index is 0.136. The zero-order valence-electron chi connectivity index (χ0n) is 9.48. The molecule has 0 radical (unpaired) electrons. The second kappa shape index (κ2) is 5.73. The number of nitrogens with zero attached hydrogens (tertiary/aromatic N) is 1. The summed E-state index contributed by atoms with van der Waals surface area (Å²) in [5, 5.41) is 4.28. The van der Waals surface area contributed by atoms with Gasteiger partial charge in [0.25, 0.3) is 0 Å². The highest BCUT2D eigenvalue weighted by Gasteiger charge is 2.13. The van der Waals surface area contributed by atoms with E-state index in [1.165, 1.54) is 11.1 Å². The van der Waals surface area contributed by atoms with Gasteiger partial charge in [-0.05, 0) is 62.8 Å². The van der Waals surface area contributed by atoms with Crippen LogP contribution < -0.4 is 11.3 Å². The Balaban J connectivity index is 2.19. The van der Waals surface area contributed by atoms with Crippen LogP contribution in [0.3, 0.4) is 0 Å². The van der Waals surface area contributed by atoms with Crippen LogP contribution in [0.25, 0.3) is 0 Å². The first-order valence-corrected chi connectivity index (χ1v) is 7.02. The molecule has 0 bridgehead atoms. The van der Waals surface area contributed by atoms with Gasteiger partial charge in [0, 0.05) is 16.9 Å². The van der Waals surface area contributed by atoms with Crippen molar-refractivity contribution in [2.75, 3.05) is 0 Å². The quantitative estimate of drug-likeness (QED) is 0.674. The molecular weight excluding hydrogens is 298 g/mol. The largest absolute Gasteiger partial charge is 0.271 e. The van der Waals surface area contributed by atoms with Gasteiger partial charge >= 0.3 is 0 Å². The zero-order chi connectivity index (χ0) is 12.3. The summed E-state index contributed by atoms with van der Waals surface area (Å²) in [4.78, 5) is 4.16. The summed E-state index contributed by atoms with van der Waals surface area (Å²) in [6, 6.07) is 2.20. The minimum atomic E-state index is 0.136. The van der Waals surface area contributed by atoms with Gasteiger partial charge in [-0.1, -0.05) is 0 Å². The molecule has 3 nitrogen and oxygen atoms in total. The summed E-state index contributed by atoms with van der Waals surface area (Å²) in [6.45, 7) is 2.11. The number of hydrogen-bond donors (Lipinski definition) is 2. The van der Waals surface area contributed by atoms with Crippen LogP contribution in [0.2, 0.25) is 0 Å². The van der Waals surface area contributed by atoms with Crippen LogP contribution in [0.5, 0.6) is 0 Å². The number of hydrogen-bond acceptors (Lipinski definition) is 4. The Kier molecular flexibility index (Phi) is 4.28. The van der Waals surface area contributed by atoms with Gasteiger partial charge in [-0.15, -0.1) is 0 Å². The lowest BCUT2D eigenvalue weighted by molar-refractivity contribution is 0.550. The van der Waals surface area contributed by atoms with Crippen LogP contribution in [0.1, 0.15) is 22.7 Å². The normalized spacial score (nSPS) is 12.6. The van der Waals surface area contributed by atoms with Gasteiger partial charge in [0.05, 0.1) is 6.04 Å². The van der Waals surface area contributed by atoms with Gasteiger partial charge in [0.15, 0.2) is 0 Å². The summed E-state index contributed by atoms with van der Waals surface area (Å²) in [5.41, 5.74) is 6.58. The number of halogens is 1. The number of rotatable bonds is 4. The number of nitrogens with one attached hydrogen (secondary N) is 1. The molecule has 2 rings (SSSR count). The van der Waals surface area contributed by atoms with Crippen molar-refractivity contribution in [2.24, 2.45) is 5.84 Å². The number of thiophene rings is 1. The smallest absolute Gasteiger partial charge is 0.0511 e. The topological polar surface area (TPSA) is 50.9 Å². The molecule has 3 N–H and O–H groups in total. The van der Waals surface area contributed by atoms with Crippen molar-refractivity contribution in [1.29, 1.82) is 0 Å². The molecule has 2 heterocycles. The lowest BCUT2D eigenvalue weighted by Crippen LogP contribution is -2.29. The predicted molar refractivity (Wildman–Crippen MR) is 74.8 cm³/mol. The van der Waals surface area contributed by atoms with Gasteiger partial charge in [-0.3, -0.25) is 16.3 Å². The molecule has 90 valence electrons. The maximum absolute atomic E-state index is 5.64. The molecule has 0 aromatic carbocycles. The van der Waals surface area contributed by atoms with E-state index in [0.717, 1.165) is 16.5 Å². The van der Waals surface area contributed by atoms with Crippen molar-refractivity contribution in [3.8, 4) is 0 Å². The molecule has 0 amide bonds. The SMILES string of the molecule is Cc1cscc1C(Cc1cncc(Br)c1)NN. The molecule has 0 saturated heterocycles. The van der Waals surface area contributed by atoms with Gasteiger partial charge in [-0.25, -0.2) is 0 Å². The van der Waals surface area contributed by atoms with E-state index in [4.69, 9.17) is 5.84 Å². The molecule has 0 saturated carbocycles. The first kappa shape index (κ1) is 12.7. The van der Waals surface area contributed by atoms with Crippen molar-refractivity contribution < 1.29 is 0 Å². The van der Waals surface area contributed by atoms with E-state index < -0.39 is 0 Å². The average molecular weight is 312 g/mol. The van der Waals surface area contributed by atoms with Crippen molar-refractivity contribution in [3.05, 3.63) is 50.4 Å². The van der Waals surface area contributed by atoms with E-state index in [-0.39, 0.29) is 6.04 Å². The second-order valence-corrected chi connectivity index (χ2v) is 5.60. The first-order valence-electron chi connectivity index (χ1n) is 5.29. The molecule has 1 unspecified atom stereocenters. The van der Waals surface area contributed by atoms with Gasteiger partial charge < -0.3 is 0 Å². The fraction of sp³-hybridized carbons (Fsp3) is 0.250. The maximum atomic E-state index is 5.64. The molecule has 1 atom stereocenters. The van der Waals surface area contributed by atoms with E-state index in [9.17, 15) is 0 Å². The van der Waals surface area contributed by atoms with E-state index >= 15 is 0 Å². The lowest BCUT2D eigenvalue weighted by Gasteiger charge is -2.16. The summed E-state index contributed by atoms with van der Waals surface area (Å²) in [7, 11) is 0. The van der Waals surface area contributed by atoms with E-state index in [0.29, 0.717) is 0 Å². The van der Waals surface area contributed by atoms with E-state index in [2.05, 4.69) is 50.1 Å². The van der Waals surface area contributed by atoms with Crippen LogP contribution in [0, 0.1) is 6.92 Å². The molecule has 0 fully saturated rings. The number of nitrogens with two attached hydrogens (primary N) is 1. The van der Waals surface area contributed by atoms with Crippen molar-refractivity contribution in [1.82, 2.24) is 10.4 Å². The van der Waals surface area contributed by atoms with Crippen LogP contribution in [0.4, 0.5) is 0 Å². The molecule has 5 heteroatoms. The molecule has 0 spiro atoms. The highest BCUT2D eigenvalue weighted by molar-refractivity contribution is 9.10. The Morgan fingerprint density at radius 3 is 2.88 bits per heavy atom. The van der Waals surface area contributed by atoms with Crippen LogP contribution >= 0.6 is 27.3 Å². The molecule has 2 aromatic heterocycles. The fourth-order valence-corrected chi connectivity index (χ4v) is 3.11. The van der Waals surface area contributed by atoms with Crippen LogP contribution in [-0.2, 0) is 6.42 Å². The number of aromatic nitrogens is 1. The Bertz CT molecular complexity index is 498. The second-order valence-electron chi connectivity index (χ2n) is 3.94. The molecule has 0 aliphatic rings. The minimum Gasteiger partial charge on any atom is -0.271 e. The Morgan fingerprint density at radius 2 is 2.29 bits per heavy atom. The van der Waals surface area contributed by atoms with E-state index in [1.807, 2.05) is 6.20 Å². The third-order valence-corrected chi connectivity index (χ3v) is 3.99. The average Bonchev–Trinajstić information content (AvgIpc) is 2.72. The molecular formula is C12H14BrN3S. The fourth-order valence-electron chi connectivity index (χ4n) is 1.79. The summed E-state index contributed by atoms with van der Waals surface area (Å²) in [5.74, 6) is 5.64. The van der Waals surface area contributed by atoms with Crippen molar-refractivity contribution in [2.45, 2.75) is 19.4 Å². The number of aryl methyl sites for hydroxylation is 1. The van der Waals surface area contributed by atoms with Crippen molar-refractivity contribution in [3.63, 3.8) is 0 Å². The monoisotopic (exact) mass is 311 g/mol. The summed E-state index contributed by atoms with van der Waals surface area (Å²) >= 11 is 5.13. The molecule has 2 aromatic rings.